The summed E-state index contributed by atoms with van der Waals surface area (Å²) in [6.07, 6.45) is 2.37. The molecule has 1 unspecified atom stereocenters. The van der Waals surface area contributed by atoms with E-state index >= 15 is 0 Å². The zero-order valence-electron chi connectivity index (χ0n) is 12.2. The Morgan fingerprint density at radius 2 is 1.55 bits per heavy atom. The normalized spacial score (nSPS) is 12.1. The fraction of sp³-hybridized carbons (Fsp3) is 0.333. The molecule has 0 saturated carbocycles. The van der Waals surface area contributed by atoms with E-state index in [1.165, 1.54) is 24.1 Å². The number of hydrogen-bond acceptors (Lipinski definition) is 2. The first-order valence-corrected chi connectivity index (χ1v) is 7.43. The molecule has 0 saturated heterocycles. The standard InChI is InChI=1S/C18H24N2/c1-2-3-14-20(17-12-8-5-9-13-17)18(15-19)16-10-6-4-7-11-16/h4-13,18H,2-3,14-15,19H2,1H3. The number of rotatable bonds is 7. The summed E-state index contributed by atoms with van der Waals surface area (Å²) in [5.74, 6) is 0. The molecule has 106 valence electrons. The molecule has 0 aliphatic heterocycles. The molecule has 0 aromatic heterocycles. The Morgan fingerprint density at radius 1 is 0.950 bits per heavy atom. The number of benzene rings is 2. The number of anilines is 1. The van der Waals surface area contributed by atoms with Crippen molar-refractivity contribution in [3.8, 4) is 0 Å². The fourth-order valence-electron chi connectivity index (χ4n) is 2.53. The number of nitrogens with two attached hydrogens (primary N) is 1. The summed E-state index contributed by atoms with van der Waals surface area (Å²) in [4.78, 5) is 2.43. The summed E-state index contributed by atoms with van der Waals surface area (Å²) in [5.41, 5.74) is 8.61. The Balaban J connectivity index is 2.29. The maximum Gasteiger partial charge on any atom is 0.0664 e. The van der Waals surface area contributed by atoms with Gasteiger partial charge in [-0.3, -0.25) is 0 Å². The van der Waals surface area contributed by atoms with Gasteiger partial charge in [-0.15, -0.1) is 0 Å². The average molecular weight is 268 g/mol. The molecule has 2 heteroatoms. The Morgan fingerprint density at radius 3 is 2.10 bits per heavy atom. The van der Waals surface area contributed by atoms with E-state index in [-0.39, 0.29) is 6.04 Å². The predicted octanol–water partition coefficient (Wildman–Crippen LogP) is 3.99. The van der Waals surface area contributed by atoms with Crippen LogP contribution in [-0.4, -0.2) is 13.1 Å². The highest BCUT2D eigenvalue weighted by atomic mass is 15.2. The summed E-state index contributed by atoms with van der Waals surface area (Å²) in [7, 11) is 0. The van der Waals surface area contributed by atoms with E-state index in [1.54, 1.807) is 0 Å². The predicted molar refractivity (Wildman–Crippen MR) is 86.9 cm³/mol. The van der Waals surface area contributed by atoms with Gasteiger partial charge in [-0.05, 0) is 24.1 Å². The van der Waals surface area contributed by atoms with Gasteiger partial charge in [-0.2, -0.15) is 0 Å². The van der Waals surface area contributed by atoms with Gasteiger partial charge in [0.15, 0.2) is 0 Å². The number of nitrogens with zero attached hydrogens (tertiary/aromatic N) is 1. The molecule has 0 spiro atoms. The first kappa shape index (κ1) is 14.6. The summed E-state index contributed by atoms with van der Waals surface area (Å²) in [6, 6.07) is 21.4. The minimum atomic E-state index is 0.241. The number of unbranched alkanes of at least 4 members (excludes halogenated alkanes) is 1. The SMILES string of the molecule is CCCCN(c1ccccc1)C(CN)c1ccccc1. The minimum absolute atomic E-state index is 0.241. The molecule has 2 nitrogen and oxygen atoms in total. The highest BCUT2D eigenvalue weighted by Crippen LogP contribution is 2.26. The van der Waals surface area contributed by atoms with E-state index in [2.05, 4.69) is 72.5 Å². The average Bonchev–Trinajstić information content (AvgIpc) is 2.53. The van der Waals surface area contributed by atoms with Crippen molar-refractivity contribution in [2.24, 2.45) is 5.73 Å². The maximum absolute atomic E-state index is 6.07. The van der Waals surface area contributed by atoms with Crippen molar-refractivity contribution >= 4 is 5.69 Å². The molecule has 0 radical (unpaired) electrons. The highest BCUT2D eigenvalue weighted by molar-refractivity contribution is 5.49. The summed E-state index contributed by atoms with van der Waals surface area (Å²) in [6.45, 7) is 3.89. The van der Waals surface area contributed by atoms with E-state index in [1.807, 2.05) is 0 Å². The Bertz CT molecular complexity index is 481. The summed E-state index contributed by atoms with van der Waals surface area (Å²) < 4.78 is 0. The van der Waals surface area contributed by atoms with Gasteiger partial charge in [0.05, 0.1) is 6.04 Å². The van der Waals surface area contributed by atoms with Crippen LogP contribution in [0.5, 0.6) is 0 Å². The molecule has 2 N–H and O–H groups in total. The summed E-state index contributed by atoms with van der Waals surface area (Å²) in [5, 5.41) is 0. The molecule has 0 heterocycles. The van der Waals surface area contributed by atoms with Gasteiger partial charge < -0.3 is 10.6 Å². The van der Waals surface area contributed by atoms with E-state index in [4.69, 9.17) is 5.73 Å². The van der Waals surface area contributed by atoms with E-state index in [0.717, 1.165) is 6.54 Å². The van der Waals surface area contributed by atoms with Crippen LogP contribution in [0.1, 0.15) is 31.4 Å². The van der Waals surface area contributed by atoms with Crippen LogP contribution in [-0.2, 0) is 0 Å². The van der Waals surface area contributed by atoms with Crippen molar-refractivity contribution in [3.63, 3.8) is 0 Å². The number of hydrogen-bond donors (Lipinski definition) is 1. The zero-order chi connectivity index (χ0) is 14.2. The third-order valence-electron chi connectivity index (χ3n) is 3.62. The van der Waals surface area contributed by atoms with E-state index in [0.29, 0.717) is 6.54 Å². The Hall–Kier alpha value is -1.80. The number of para-hydroxylation sites is 1. The van der Waals surface area contributed by atoms with Crippen LogP contribution in [0.15, 0.2) is 60.7 Å². The van der Waals surface area contributed by atoms with Gasteiger partial charge in [-0.1, -0.05) is 61.9 Å². The maximum atomic E-state index is 6.07. The van der Waals surface area contributed by atoms with E-state index < -0.39 is 0 Å². The van der Waals surface area contributed by atoms with Gasteiger partial charge in [0.1, 0.15) is 0 Å². The van der Waals surface area contributed by atoms with Crippen LogP contribution in [0.2, 0.25) is 0 Å². The second-order valence-electron chi connectivity index (χ2n) is 5.04. The lowest BCUT2D eigenvalue weighted by Gasteiger charge is -2.33. The third-order valence-corrected chi connectivity index (χ3v) is 3.62. The molecule has 20 heavy (non-hydrogen) atoms. The molecule has 1 atom stereocenters. The minimum Gasteiger partial charge on any atom is -0.363 e. The van der Waals surface area contributed by atoms with Crippen LogP contribution in [0.25, 0.3) is 0 Å². The third kappa shape index (κ3) is 3.61. The zero-order valence-corrected chi connectivity index (χ0v) is 12.2. The quantitative estimate of drug-likeness (QED) is 0.822. The van der Waals surface area contributed by atoms with Gasteiger partial charge in [0.25, 0.3) is 0 Å². The van der Waals surface area contributed by atoms with Crippen LogP contribution in [0.3, 0.4) is 0 Å². The second-order valence-corrected chi connectivity index (χ2v) is 5.04. The van der Waals surface area contributed by atoms with Crippen molar-refractivity contribution < 1.29 is 0 Å². The van der Waals surface area contributed by atoms with Crippen molar-refractivity contribution in [1.82, 2.24) is 0 Å². The molecule has 0 aliphatic rings. The fourth-order valence-corrected chi connectivity index (χ4v) is 2.53. The molecular weight excluding hydrogens is 244 g/mol. The smallest absolute Gasteiger partial charge is 0.0664 e. The van der Waals surface area contributed by atoms with Gasteiger partial charge in [0, 0.05) is 18.8 Å². The molecule has 0 amide bonds. The van der Waals surface area contributed by atoms with E-state index in [9.17, 15) is 0 Å². The van der Waals surface area contributed by atoms with Crippen molar-refractivity contribution in [2.45, 2.75) is 25.8 Å². The molecular formula is C18H24N2. The highest BCUT2D eigenvalue weighted by Gasteiger charge is 2.18. The van der Waals surface area contributed by atoms with Crippen molar-refractivity contribution in [1.29, 1.82) is 0 Å². The van der Waals surface area contributed by atoms with Gasteiger partial charge in [0.2, 0.25) is 0 Å². The Labute approximate surface area is 122 Å². The first-order chi connectivity index (χ1) is 9.86. The van der Waals surface area contributed by atoms with Crippen LogP contribution in [0.4, 0.5) is 5.69 Å². The first-order valence-electron chi connectivity index (χ1n) is 7.43. The molecule has 0 bridgehead atoms. The monoisotopic (exact) mass is 268 g/mol. The second kappa shape index (κ2) is 7.71. The van der Waals surface area contributed by atoms with Crippen molar-refractivity contribution in [3.05, 3.63) is 66.2 Å². The lowest BCUT2D eigenvalue weighted by Crippen LogP contribution is -2.34. The molecule has 0 fully saturated rings. The lowest BCUT2D eigenvalue weighted by atomic mass is 10.0. The molecule has 2 rings (SSSR count). The lowest BCUT2D eigenvalue weighted by molar-refractivity contribution is 0.605. The topological polar surface area (TPSA) is 29.3 Å². The molecule has 0 aliphatic carbocycles. The van der Waals surface area contributed by atoms with Crippen LogP contribution >= 0.6 is 0 Å². The van der Waals surface area contributed by atoms with Crippen LogP contribution < -0.4 is 10.6 Å². The van der Waals surface area contributed by atoms with Crippen molar-refractivity contribution in [2.75, 3.05) is 18.0 Å². The molecule has 2 aromatic rings. The molecule has 2 aromatic carbocycles. The van der Waals surface area contributed by atoms with Gasteiger partial charge in [-0.25, -0.2) is 0 Å². The van der Waals surface area contributed by atoms with Gasteiger partial charge >= 0.3 is 0 Å². The largest absolute Gasteiger partial charge is 0.363 e. The van der Waals surface area contributed by atoms with Crippen LogP contribution in [0, 0.1) is 0 Å². The summed E-state index contributed by atoms with van der Waals surface area (Å²) >= 11 is 0. The Kier molecular flexibility index (Phi) is 5.63.